The van der Waals surface area contributed by atoms with E-state index in [-0.39, 0.29) is 24.5 Å². The SMILES string of the molecule is CC(=O)CC#Cc1ccc2c(N3CCC(=O)NC3=O)cncc2c1. The normalized spacial score (nSPS) is 14.1. The van der Waals surface area contributed by atoms with Crippen LogP contribution in [0.1, 0.15) is 25.3 Å². The number of imide groups is 1. The minimum absolute atomic E-state index is 0.0258. The molecule has 120 valence electrons. The highest BCUT2D eigenvalue weighted by molar-refractivity contribution is 6.09. The molecule has 1 N–H and O–H groups in total. The van der Waals surface area contributed by atoms with Crippen molar-refractivity contribution in [2.45, 2.75) is 19.8 Å². The first-order chi connectivity index (χ1) is 11.5. The average Bonchev–Trinajstić information content (AvgIpc) is 2.54. The fraction of sp³-hybridized carbons (Fsp3) is 0.222. The lowest BCUT2D eigenvalue weighted by molar-refractivity contribution is -0.120. The number of rotatable bonds is 2. The molecule has 1 aromatic heterocycles. The summed E-state index contributed by atoms with van der Waals surface area (Å²) in [6, 6.07) is 5.14. The van der Waals surface area contributed by atoms with E-state index in [1.165, 1.54) is 11.8 Å². The fourth-order valence-corrected chi connectivity index (χ4v) is 2.52. The van der Waals surface area contributed by atoms with Gasteiger partial charge in [0.15, 0.2) is 0 Å². The van der Waals surface area contributed by atoms with Gasteiger partial charge in [0, 0.05) is 35.5 Å². The number of anilines is 1. The predicted octanol–water partition coefficient (Wildman–Crippen LogP) is 2.01. The maximum atomic E-state index is 12.0. The van der Waals surface area contributed by atoms with E-state index in [4.69, 9.17) is 0 Å². The van der Waals surface area contributed by atoms with Gasteiger partial charge in [-0.05, 0) is 19.1 Å². The van der Waals surface area contributed by atoms with Crippen LogP contribution in [-0.2, 0) is 9.59 Å². The molecule has 0 aliphatic carbocycles. The van der Waals surface area contributed by atoms with Crippen molar-refractivity contribution in [2.75, 3.05) is 11.4 Å². The summed E-state index contributed by atoms with van der Waals surface area (Å²) in [5.74, 6) is 5.52. The lowest BCUT2D eigenvalue weighted by Gasteiger charge is -2.27. The topological polar surface area (TPSA) is 79.4 Å². The second-order valence-corrected chi connectivity index (χ2v) is 5.53. The summed E-state index contributed by atoms with van der Waals surface area (Å²) in [5.41, 5.74) is 1.43. The number of urea groups is 1. The summed E-state index contributed by atoms with van der Waals surface area (Å²) in [7, 11) is 0. The quantitative estimate of drug-likeness (QED) is 0.858. The maximum Gasteiger partial charge on any atom is 0.328 e. The van der Waals surface area contributed by atoms with Gasteiger partial charge in [0.25, 0.3) is 0 Å². The van der Waals surface area contributed by atoms with Gasteiger partial charge in [-0.15, -0.1) is 0 Å². The number of nitrogens with one attached hydrogen (secondary N) is 1. The summed E-state index contributed by atoms with van der Waals surface area (Å²) < 4.78 is 0. The van der Waals surface area contributed by atoms with Gasteiger partial charge in [0.2, 0.25) is 5.91 Å². The molecule has 1 aliphatic rings. The summed E-state index contributed by atoms with van der Waals surface area (Å²) in [6.07, 6.45) is 3.79. The second kappa shape index (κ2) is 6.50. The number of carbonyl (C=O) groups excluding carboxylic acids is 3. The van der Waals surface area contributed by atoms with Gasteiger partial charge in [-0.25, -0.2) is 4.79 Å². The number of pyridine rings is 1. The average molecular weight is 321 g/mol. The summed E-state index contributed by atoms with van der Waals surface area (Å²) in [5, 5.41) is 4.00. The van der Waals surface area contributed by atoms with Crippen LogP contribution in [0.2, 0.25) is 0 Å². The van der Waals surface area contributed by atoms with Gasteiger partial charge >= 0.3 is 6.03 Å². The number of nitrogens with zero attached hydrogens (tertiary/aromatic N) is 2. The van der Waals surface area contributed by atoms with Gasteiger partial charge in [-0.2, -0.15) is 0 Å². The Morgan fingerprint density at radius 3 is 2.92 bits per heavy atom. The third-order valence-corrected chi connectivity index (χ3v) is 3.65. The Morgan fingerprint density at radius 2 is 2.17 bits per heavy atom. The van der Waals surface area contributed by atoms with E-state index in [2.05, 4.69) is 22.1 Å². The van der Waals surface area contributed by atoms with Crippen LogP contribution in [0.15, 0.2) is 30.6 Å². The second-order valence-electron chi connectivity index (χ2n) is 5.53. The number of carbonyl (C=O) groups is 3. The molecule has 0 bridgehead atoms. The van der Waals surface area contributed by atoms with Crippen molar-refractivity contribution in [1.82, 2.24) is 10.3 Å². The lowest BCUT2D eigenvalue weighted by atomic mass is 10.1. The minimum atomic E-state index is -0.439. The minimum Gasteiger partial charge on any atom is -0.299 e. The zero-order valence-electron chi connectivity index (χ0n) is 13.1. The number of fused-ring (bicyclic) bond motifs is 1. The Morgan fingerprint density at radius 1 is 1.33 bits per heavy atom. The van der Waals surface area contributed by atoms with Crippen molar-refractivity contribution in [3.8, 4) is 11.8 Å². The Labute approximate surface area is 138 Å². The Bertz CT molecular complexity index is 909. The van der Waals surface area contributed by atoms with Crippen molar-refractivity contribution in [3.63, 3.8) is 0 Å². The smallest absolute Gasteiger partial charge is 0.299 e. The van der Waals surface area contributed by atoms with Crippen LogP contribution in [0.25, 0.3) is 10.8 Å². The molecule has 1 fully saturated rings. The van der Waals surface area contributed by atoms with E-state index >= 15 is 0 Å². The highest BCUT2D eigenvalue weighted by Crippen LogP contribution is 2.27. The fourth-order valence-electron chi connectivity index (χ4n) is 2.52. The van der Waals surface area contributed by atoms with Crippen LogP contribution in [0.4, 0.5) is 10.5 Å². The van der Waals surface area contributed by atoms with Crippen LogP contribution in [0, 0.1) is 11.8 Å². The van der Waals surface area contributed by atoms with Crippen molar-refractivity contribution in [2.24, 2.45) is 0 Å². The Kier molecular flexibility index (Phi) is 4.25. The number of aromatic nitrogens is 1. The number of Topliss-reactive ketones (excluding diaryl/α,β-unsaturated/α-hetero) is 1. The lowest BCUT2D eigenvalue weighted by Crippen LogP contribution is -2.49. The molecule has 0 atom stereocenters. The third kappa shape index (κ3) is 3.25. The number of benzene rings is 1. The summed E-state index contributed by atoms with van der Waals surface area (Å²) >= 11 is 0. The van der Waals surface area contributed by atoms with E-state index in [1.54, 1.807) is 12.4 Å². The zero-order chi connectivity index (χ0) is 17.1. The highest BCUT2D eigenvalue weighted by atomic mass is 16.2. The van der Waals surface area contributed by atoms with Crippen LogP contribution < -0.4 is 10.2 Å². The maximum absolute atomic E-state index is 12.0. The van der Waals surface area contributed by atoms with Crippen molar-refractivity contribution in [1.29, 1.82) is 0 Å². The van der Waals surface area contributed by atoms with Gasteiger partial charge in [0.05, 0.1) is 18.3 Å². The highest BCUT2D eigenvalue weighted by Gasteiger charge is 2.25. The summed E-state index contributed by atoms with van der Waals surface area (Å²) in [6.45, 7) is 1.82. The molecule has 1 aliphatic heterocycles. The van der Waals surface area contributed by atoms with Gasteiger partial charge in [-0.1, -0.05) is 17.9 Å². The molecule has 6 nitrogen and oxygen atoms in total. The van der Waals surface area contributed by atoms with E-state index in [0.717, 1.165) is 16.3 Å². The molecule has 6 heteroatoms. The van der Waals surface area contributed by atoms with E-state index in [0.29, 0.717) is 12.2 Å². The van der Waals surface area contributed by atoms with Crippen LogP contribution in [0.3, 0.4) is 0 Å². The van der Waals surface area contributed by atoms with E-state index in [1.807, 2.05) is 18.2 Å². The molecule has 1 aromatic carbocycles. The molecular weight excluding hydrogens is 306 g/mol. The van der Waals surface area contributed by atoms with Crippen molar-refractivity contribution >= 4 is 34.2 Å². The molecule has 3 rings (SSSR count). The van der Waals surface area contributed by atoms with E-state index in [9.17, 15) is 14.4 Å². The van der Waals surface area contributed by atoms with Gasteiger partial charge in [0.1, 0.15) is 5.78 Å². The molecule has 0 unspecified atom stereocenters. The molecular formula is C18H15N3O3. The Balaban J connectivity index is 1.96. The number of amides is 3. The number of hydrogen-bond donors (Lipinski definition) is 1. The molecule has 0 spiro atoms. The number of ketones is 1. The molecule has 24 heavy (non-hydrogen) atoms. The monoisotopic (exact) mass is 321 g/mol. The molecule has 1 saturated heterocycles. The molecule has 2 aromatic rings. The van der Waals surface area contributed by atoms with Gasteiger partial charge in [-0.3, -0.25) is 24.8 Å². The Hall–Kier alpha value is -3.20. The molecule has 3 amide bonds. The largest absolute Gasteiger partial charge is 0.328 e. The van der Waals surface area contributed by atoms with Gasteiger partial charge < -0.3 is 0 Å². The van der Waals surface area contributed by atoms with Crippen LogP contribution in [0.5, 0.6) is 0 Å². The first kappa shape index (κ1) is 15.7. The first-order valence-electron chi connectivity index (χ1n) is 7.52. The molecule has 2 heterocycles. The summed E-state index contributed by atoms with van der Waals surface area (Å²) in [4.78, 5) is 40.0. The zero-order valence-corrected chi connectivity index (χ0v) is 13.1. The van der Waals surface area contributed by atoms with Crippen molar-refractivity contribution < 1.29 is 14.4 Å². The predicted molar refractivity (Wildman–Crippen MR) is 89.4 cm³/mol. The molecule has 0 radical (unpaired) electrons. The van der Waals surface area contributed by atoms with Crippen LogP contribution >= 0.6 is 0 Å². The molecule has 0 saturated carbocycles. The van der Waals surface area contributed by atoms with E-state index < -0.39 is 6.03 Å². The van der Waals surface area contributed by atoms with Crippen molar-refractivity contribution in [3.05, 3.63) is 36.2 Å². The standard InChI is InChI=1S/C18H15N3O3/c1-12(22)3-2-4-13-5-6-15-14(9-13)10-19-11-16(15)21-8-7-17(23)20-18(21)24/h5-6,9-11H,3,7-8H2,1H3,(H,20,23,24). The first-order valence-corrected chi connectivity index (χ1v) is 7.52. The van der Waals surface area contributed by atoms with Crippen LogP contribution in [-0.4, -0.2) is 29.3 Å². The number of hydrogen-bond acceptors (Lipinski definition) is 4. The third-order valence-electron chi connectivity index (χ3n) is 3.65.